The largest absolute Gasteiger partial charge is 0.507 e. The maximum absolute atomic E-state index is 13.9. The van der Waals surface area contributed by atoms with Gasteiger partial charge in [0.05, 0.1) is 18.4 Å². The summed E-state index contributed by atoms with van der Waals surface area (Å²) in [6.45, 7) is 0. The Labute approximate surface area is 171 Å². The zero-order valence-electron chi connectivity index (χ0n) is 15.9. The summed E-state index contributed by atoms with van der Waals surface area (Å²) < 4.78 is 19.0. The van der Waals surface area contributed by atoms with E-state index in [-0.39, 0.29) is 17.0 Å². The zero-order valence-corrected chi connectivity index (χ0v) is 15.9. The van der Waals surface area contributed by atoms with Crippen LogP contribution in [-0.4, -0.2) is 28.9 Å². The lowest BCUT2D eigenvalue weighted by molar-refractivity contribution is -0.132. The van der Waals surface area contributed by atoms with Crippen molar-refractivity contribution < 1.29 is 23.8 Å². The summed E-state index contributed by atoms with van der Waals surface area (Å²) >= 11 is 0. The fraction of sp³-hybridized carbons (Fsp3) is 0.0870. The van der Waals surface area contributed by atoms with E-state index in [9.17, 15) is 19.1 Å². The van der Waals surface area contributed by atoms with Crippen LogP contribution in [0.5, 0.6) is 5.75 Å². The van der Waals surface area contributed by atoms with Gasteiger partial charge in [0, 0.05) is 17.4 Å². The average Bonchev–Trinajstić information content (AvgIpc) is 3.04. The number of carbonyl (C=O) groups is 2. The second kappa shape index (κ2) is 7.79. The Morgan fingerprint density at radius 1 is 1.07 bits per heavy atom. The Balaban J connectivity index is 1.94. The maximum atomic E-state index is 13.9. The van der Waals surface area contributed by atoms with Crippen molar-refractivity contribution in [3.63, 3.8) is 0 Å². The van der Waals surface area contributed by atoms with Gasteiger partial charge in [0.25, 0.3) is 11.7 Å². The summed E-state index contributed by atoms with van der Waals surface area (Å²) in [6, 6.07) is 15.9. The highest BCUT2D eigenvalue weighted by atomic mass is 19.1. The molecular weight excluding hydrogens is 387 g/mol. The Morgan fingerprint density at radius 3 is 2.57 bits per heavy atom. The van der Waals surface area contributed by atoms with Crippen LogP contribution in [0, 0.1) is 5.82 Å². The minimum Gasteiger partial charge on any atom is -0.507 e. The van der Waals surface area contributed by atoms with Gasteiger partial charge in [-0.05, 0) is 42.5 Å². The molecule has 0 spiro atoms. The smallest absolute Gasteiger partial charge is 0.300 e. The predicted octanol–water partition coefficient (Wildman–Crippen LogP) is 3.86. The van der Waals surface area contributed by atoms with Gasteiger partial charge < -0.3 is 9.84 Å². The normalized spacial score (nSPS) is 17.9. The number of aliphatic hydroxyl groups excluding tert-OH is 1. The summed E-state index contributed by atoms with van der Waals surface area (Å²) in [6.07, 6.45) is 1.52. The molecule has 1 amide bonds. The fourth-order valence-corrected chi connectivity index (χ4v) is 3.47. The summed E-state index contributed by atoms with van der Waals surface area (Å²) in [5, 5.41) is 11.0. The molecule has 1 aliphatic rings. The van der Waals surface area contributed by atoms with Crippen molar-refractivity contribution in [2.75, 3.05) is 12.0 Å². The van der Waals surface area contributed by atoms with E-state index in [4.69, 9.17) is 4.74 Å². The lowest BCUT2D eigenvalue weighted by Gasteiger charge is -2.24. The Morgan fingerprint density at radius 2 is 1.87 bits per heavy atom. The lowest BCUT2D eigenvalue weighted by Crippen LogP contribution is -2.29. The molecule has 4 rings (SSSR count). The number of pyridine rings is 1. The van der Waals surface area contributed by atoms with Crippen LogP contribution in [0.15, 0.2) is 78.5 Å². The maximum Gasteiger partial charge on any atom is 0.300 e. The highest BCUT2D eigenvalue weighted by Gasteiger charge is 2.47. The third-order valence-electron chi connectivity index (χ3n) is 4.84. The van der Waals surface area contributed by atoms with Gasteiger partial charge in [-0.15, -0.1) is 0 Å². The SMILES string of the molecule is COc1cccc(/C(O)=C2\C(=O)C(=O)N(c3cccc(F)c3)C2c2ccccn2)c1. The van der Waals surface area contributed by atoms with Crippen LogP contribution >= 0.6 is 0 Å². The molecule has 3 aromatic rings. The van der Waals surface area contributed by atoms with Crippen LogP contribution in [-0.2, 0) is 9.59 Å². The van der Waals surface area contributed by atoms with Crippen molar-refractivity contribution in [1.82, 2.24) is 4.98 Å². The van der Waals surface area contributed by atoms with E-state index in [0.717, 1.165) is 11.0 Å². The van der Waals surface area contributed by atoms with Gasteiger partial charge in [0.2, 0.25) is 0 Å². The van der Waals surface area contributed by atoms with Crippen LogP contribution in [0.3, 0.4) is 0 Å². The molecular formula is C23H17FN2O4. The van der Waals surface area contributed by atoms with E-state index in [1.54, 1.807) is 42.5 Å². The van der Waals surface area contributed by atoms with E-state index in [2.05, 4.69) is 4.98 Å². The number of aromatic nitrogens is 1. The molecule has 150 valence electrons. The van der Waals surface area contributed by atoms with Crippen molar-refractivity contribution in [3.8, 4) is 5.75 Å². The number of amides is 1. The second-order valence-corrected chi connectivity index (χ2v) is 6.64. The van der Waals surface area contributed by atoms with Crippen molar-refractivity contribution in [3.05, 3.63) is 95.6 Å². The van der Waals surface area contributed by atoms with Gasteiger partial charge in [0.1, 0.15) is 23.4 Å². The number of Topliss-reactive ketones (excluding diaryl/α,β-unsaturated/α-hetero) is 1. The number of benzene rings is 2. The molecule has 7 heteroatoms. The van der Waals surface area contributed by atoms with Gasteiger partial charge in [-0.2, -0.15) is 0 Å². The molecule has 0 saturated carbocycles. The molecule has 0 radical (unpaired) electrons. The number of methoxy groups -OCH3 is 1. The monoisotopic (exact) mass is 404 g/mol. The molecule has 2 aromatic carbocycles. The van der Waals surface area contributed by atoms with Gasteiger partial charge in [-0.3, -0.25) is 19.5 Å². The second-order valence-electron chi connectivity index (χ2n) is 6.64. The van der Waals surface area contributed by atoms with Crippen molar-refractivity contribution in [2.45, 2.75) is 6.04 Å². The van der Waals surface area contributed by atoms with Gasteiger partial charge in [-0.25, -0.2) is 4.39 Å². The molecule has 1 fully saturated rings. The molecule has 1 aliphatic heterocycles. The van der Waals surface area contributed by atoms with Crippen molar-refractivity contribution in [1.29, 1.82) is 0 Å². The van der Waals surface area contributed by atoms with E-state index in [1.165, 1.54) is 31.5 Å². The molecule has 1 aromatic heterocycles. The first kappa shape index (κ1) is 19.3. The van der Waals surface area contributed by atoms with Crippen LogP contribution in [0.2, 0.25) is 0 Å². The first-order valence-corrected chi connectivity index (χ1v) is 9.13. The van der Waals surface area contributed by atoms with Crippen LogP contribution in [0.1, 0.15) is 17.3 Å². The molecule has 1 N–H and O–H groups in total. The number of carbonyl (C=O) groups excluding carboxylic acids is 2. The number of hydrogen-bond donors (Lipinski definition) is 1. The number of hydrogen-bond acceptors (Lipinski definition) is 5. The highest BCUT2D eigenvalue weighted by Crippen LogP contribution is 2.41. The number of anilines is 1. The first-order chi connectivity index (χ1) is 14.5. The van der Waals surface area contributed by atoms with E-state index in [0.29, 0.717) is 17.0 Å². The number of aliphatic hydroxyl groups is 1. The standard InChI is InChI=1S/C23H17FN2O4/c1-30-17-9-4-6-14(12-17)21(27)19-20(18-10-2-3-11-25-18)26(23(29)22(19)28)16-8-5-7-15(24)13-16/h2-13,20,27H,1H3/b21-19+. The first-order valence-electron chi connectivity index (χ1n) is 9.13. The minimum absolute atomic E-state index is 0.129. The Kier molecular flexibility index (Phi) is 5.02. The topological polar surface area (TPSA) is 79.7 Å². The van der Waals surface area contributed by atoms with Crippen LogP contribution in [0.4, 0.5) is 10.1 Å². The molecule has 0 aliphatic carbocycles. The number of rotatable bonds is 4. The van der Waals surface area contributed by atoms with Crippen molar-refractivity contribution in [2.24, 2.45) is 0 Å². The lowest BCUT2D eigenvalue weighted by atomic mass is 9.98. The third-order valence-corrected chi connectivity index (χ3v) is 4.84. The van der Waals surface area contributed by atoms with Crippen LogP contribution < -0.4 is 9.64 Å². The molecule has 0 bridgehead atoms. The molecule has 6 nitrogen and oxygen atoms in total. The summed E-state index contributed by atoms with van der Waals surface area (Å²) in [7, 11) is 1.48. The Hall–Kier alpha value is -4.00. The summed E-state index contributed by atoms with van der Waals surface area (Å²) in [5.74, 6) is -2.19. The predicted molar refractivity (Wildman–Crippen MR) is 108 cm³/mol. The fourth-order valence-electron chi connectivity index (χ4n) is 3.47. The van der Waals surface area contributed by atoms with Gasteiger partial charge in [0.15, 0.2) is 0 Å². The quantitative estimate of drug-likeness (QED) is 0.406. The zero-order chi connectivity index (χ0) is 21.3. The summed E-state index contributed by atoms with van der Waals surface area (Å²) in [4.78, 5) is 31.3. The van der Waals surface area contributed by atoms with Gasteiger partial charge >= 0.3 is 0 Å². The van der Waals surface area contributed by atoms with E-state index < -0.39 is 23.5 Å². The third kappa shape index (κ3) is 3.30. The number of nitrogens with zero attached hydrogens (tertiary/aromatic N) is 2. The van der Waals surface area contributed by atoms with Gasteiger partial charge in [-0.1, -0.05) is 24.3 Å². The highest BCUT2D eigenvalue weighted by molar-refractivity contribution is 6.51. The number of ether oxygens (including phenoxy) is 1. The molecule has 1 unspecified atom stereocenters. The van der Waals surface area contributed by atoms with E-state index in [1.807, 2.05) is 0 Å². The van der Waals surface area contributed by atoms with Crippen LogP contribution in [0.25, 0.3) is 5.76 Å². The minimum atomic E-state index is -1.01. The molecule has 30 heavy (non-hydrogen) atoms. The molecule has 1 atom stereocenters. The number of ketones is 1. The van der Waals surface area contributed by atoms with Crippen molar-refractivity contribution >= 4 is 23.1 Å². The average molecular weight is 404 g/mol. The molecule has 1 saturated heterocycles. The molecule has 2 heterocycles. The Bertz CT molecular complexity index is 1160. The van der Waals surface area contributed by atoms with E-state index >= 15 is 0 Å². The number of halogens is 1. The summed E-state index contributed by atoms with van der Waals surface area (Å²) in [5.41, 5.74) is 0.742.